The van der Waals surface area contributed by atoms with E-state index < -0.39 is 11.5 Å². The van der Waals surface area contributed by atoms with Crippen molar-refractivity contribution in [2.75, 3.05) is 7.11 Å². The lowest BCUT2D eigenvalue weighted by molar-refractivity contribution is 0.0603. The number of esters is 1. The van der Waals surface area contributed by atoms with Gasteiger partial charge in [-0.25, -0.2) is 9.78 Å². The van der Waals surface area contributed by atoms with Crippen molar-refractivity contribution < 1.29 is 9.53 Å². The molecule has 9 heteroatoms. The van der Waals surface area contributed by atoms with Crippen LogP contribution in [0.1, 0.15) is 22.8 Å². The normalized spacial score (nSPS) is 11.0. The van der Waals surface area contributed by atoms with E-state index in [1.807, 2.05) is 44.3 Å². The Morgan fingerprint density at radius 1 is 1.23 bits per heavy atom. The molecule has 0 atom stereocenters. The summed E-state index contributed by atoms with van der Waals surface area (Å²) in [5.74, 6) is -0.642. The van der Waals surface area contributed by atoms with Crippen LogP contribution in [0.2, 0.25) is 0 Å². The molecule has 4 aromatic rings. The van der Waals surface area contributed by atoms with Crippen LogP contribution < -0.4 is 5.56 Å². The molecule has 0 aliphatic carbocycles. The van der Waals surface area contributed by atoms with E-state index in [0.29, 0.717) is 17.9 Å². The maximum atomic E-state index is 12.8. The number of carbonyl (C=O) groups excluding carboxylic acids is 1. The smallest absolute Gasteiger partial charge is 0.338 e. The van der Waals surface area contributed by atoms with Gasteiger partial charge in [-0.2, -0.15) is 5.10 Å². The molecule has 0 saturated carbocycles. The summed E-state index contributed by atoms with van der Waals surface area (Å²) < 4.78 is 8.51. The summed E-state index contributed by atoms with van der Waals surface area (Å²) in [6.45, 7) is 4.62. The fourth-order valence-electron chi connectivity index (χ4n) is 3.31. The molecule has 3 aromatic heterocycles. The van der Waals surface area contributed by atoms with Gasteiger partial charge in [-0.05, 0) is 55.9 Å². The maximum absolute atomic E-state index is 12.8. The highest BCUT2D eigenvalue weighted by Crippen LogP contribution is 2.25. The van der Waals surface area contributed by atoms with Crippen LogP contribution in [-0.2, 0) is 11.3 Å². The Bertz CT molecular complexity index is 1400. The van der Waals surface area contributed by atoms with Gasteiger partial charge >= 0.3 is 5.97 Å². The second kappa shape index (κ2) is 7.68. The minimum atomic E-state index is -0.642. The monoisotopic (exact) mass is 421 g/mol. The Morgan fingerprint density at radius 3 is 2.70 bits per heavy atom. The van der Waals surface area contributed by atoms with Crippen molar-refractivity contribution in [2.24, 2.45) is 0 Å². The lowest BCUT2D eigenvalue weighted by atomic mass is 10.1. The molecule has 0 bridgehead atoms. The molecule has 8 nitrogen and oxygen atoms in total. The van der Waals surface area contributed by atoms with Gasteiger partial charge in [0.15, 0.2) is 10.4 Å². The molecule has 0 spiro atoms. The number of pyridine rings is 1. The minimum Gasteiger partial charge on any atom is -0.465 e. The van der Waals surface area contributed by atoms with Gasteiger partial charge in [-0.3, -0.25) is 19.0 Å². The van der Waals surface area contributed by atoms with Gasteiger partial charge in [-0.15, -0.1) is 0 Å². The summed E-state index contributed by atoms with van der Waals surface area (Å²) in [6, 6.07) is 10.9. The number of benzene rings is 1. The molecule has 0 aliphatic heterocycles. The Labute approximate surface area is 176 Å². The lowest BCUT2D eigenvalue weighted by Gasteiger charge is -2.14. The van der Waals surface area contributed by atoms with Gasteiger partial charge in [0.05, 0.1) is 29.4 Å². The first-order valence-electron chi connectivity index (χ1n) is 9.32. The molecular weight excluding hydrogens is 402 g/mol. The van der Waals surface area contributed by atoms with Gasteiger partial charge in [0.25, 0.3) is 5.56 Å². The average molecular weight is 421 g/mol. The van der Waals surface area contributed by atoms with Crippen molar-refractivity contribution in [1.29, 1.82) is 0 Å². The first-order chi connectivity index (χ1) is 14.4. The van der Waals surface area contributed by atoms with Crippen LogP contribution in [0.3, 0.4) is 0 Å². The van der Waals surface area contributed by atoms with Crippen molar-refractivity contribution in [3.8, 4) is 17.1 Å². The number of nitrogens with zero attached hydrogens (tertiary/aromatic N) is 4. The Morgan fingerprint density at radius 2 is 2.03 bits per heavy atom. The van der Waals surface area contributed by atoms with Crippen LogP contribution in [0.25, 0.3) is 28.1 Å². The SMILES string of the molecule is CCn1ccc(-c2cc(C(=O)OC)c3c(=O)[nH]c(=S)n(-c4cccc(C)c4)c3n2)n1. The lowest BCUT2D eigenvalue weighted by Crippen LogP contribution is -2.19. The summed E-state index contributed by atoms with van der Waals surface area (Å²) in [4.78, 5) is 32.7. The number of methoxy groups -OCH3 is 1. The Balaban J connectivity index is 2.15. The Kier molecular flexibility index (Phi) is 5.04. The standard InChI is InChI=1S/C21H19N5O3S/c1-4-25-9-8-15(24-25)16-11-14(20(28)29-3)17-18(22-16)26(21(30)23-19(17)27)13-7-5-6-12(2)10-13/h5-11H,4H2,1-3H3,(H,23,27,30). The largest absolute Gasteiger partial charge is 0.465 e. The molecule has 0 amide bonds. The van der Waals surface area contributed by atoms with Gasteiger partial charge in [0, 0.05) is 12.7 Å². The summed E-state index contributed by atoms with van der Waals surface area (Å²) in [7, 11) is 1.27. The second-order valence-electron chi connectivity index (χ2n) is 6.74. The highest BCUT2D eigenvalue weighted by Gasteiger charge is 2.21. The summed E-state index contributed by atoms with van der Waals surface area (Å²) in [5.41, 5.74) is 2.61. The number of ether oxygens (including phenoxy) is 1. The zero-order valence-electron chi connectivity index (χ0n) is 16.7. The van der Waals surface area contributed by atoms with Crippen LogP contribution in [0.5, 0.6) is 0 Å². The maximum Gasteiger partial charge on any atom is 0.338 e. The third-order valence-electron chi connectivity index (χ3n) is 4.76. The summed E-state index contributed by atoms with van der Waals surface area (Å²) in [6.07, 6.45) is 1.82. The van der Waals surface area contributed by atoms with Crippen molar-refractivity contribution in [1.82, 2.24) is 24.3 Å². The highest BCUT2D eigenvalue weighted by atomic mass is 32.1. The van der Waals surface area contributed by atoms with E-state index in [9.17, 15) is 9.59 Å². The zero-order valence-corrected chi connectivity index (χ0v) is 17.5. The van der Waals surface area contributed by atoms with Crippen LogP contribution in [0.4, 0.5) is 0 Å². The van der Waals surface area contributed by atoms with Gasteiger partial charge in [0.1, 0.15) is 5.69 Å². The molecule has 0 radical (unpaired) electrons. The van der Waals surface area contributed by atoms with E-state index >= 15 is 0 Å². The van der Waals surface area contributed by atoms with Crippen molar-refractivity contribution in [3.63, 3.8) is 0 Å². The van der Waals surface area contributed by atoms with E-state index in [1.54, 1.807) is 15.3 Å². The van der Waals surface area contributed by atoms with Crippen molar-refractivity contribution in [2.45, 2.75) is 20.4 Å². The molecule has 3 heterocycles. The van der Waals surface area contributed by atoms with Gasteiger partial charge in [-0.1, -0.05) is 12.1 Å². The third-order valence-corrected chi connectivity index (χ3v) is 5.04. The van der Waals surface area contributed by atoms with E-state index in [4.69, 9.17) is 21.9 Å². The molecule has 0 saturated heterocycles. The number of aromatic amines is 1. The number of aryl methyl sites for hydroxylation is 2. The molecule has 4 rings (SSSR count). The number of hydrogen-bond acceptors (Lipinski definition) is 6. The van der Waals surface area contributed by atoms with Gasteiger partial charge < -0.3 is 4.74 Å². The molecule has 1 aromatic carbocycles. The molecule has 0 aliphatic rings. The Hall–Kier alpha value is -3.59. The predicted octanol–water partition coefficient (Wildman–Crippen LogP) is 3.42. The topological polar surface area (TPSA) is 94.8 Å². The molecule has 152 valence electrons. The molecule has 0 fully saturated rings. The third kappa shape index (κ3) is 3.33. The van der Waals surface area contributed by atoms with Gasteiger partial charge in [0.2, 0.25) is 0 Å². The minimum absolute atomic E-state index is 0.0983. The van der Waals surface area contributed by atoms with Crippen LogP contribution >= 0.6 is 12.2 Å². The molecule has 0 unspecified atom stereocenters. The predicted molar refractivity (Wildman–Crippen MR) is 115 cm³/mol. The second-order valence-corrected chi connectivity index (χ2v) is 7.12. The molecule has 1 N–H and O–H groups in total. The number of carbonyl (C=O) groups is 1. The average Bonchev–Trinajstić information content (AvgIpc) is 3.21. The number of nitrogens with one attached hydrogen (secondary N) is 1. The zero-order chi connectivity index (χ0) is 21.4. The highest BCUT2D eigenvalue weighted by molar-refractivity contribution is 7.71. The van der Waals surface area contributed by atoms with Crippen LogP contribution in [-0.4, -0.2) is 37.4 Å². The number of H-pyrrole nitrogens is 1. The van der Waals surface area contributed by atoms with Crippen LogP contribution in [0, 0.1) is 11.7 Å². The van der Waals surface area contributed by atoms with E-state index in [2.05, 4.69) is 10.1 Å². The molecule has 30 heavy (non-hydrogen) atoms. The van der Waals surface area contributed by atoms with E-state index in [1.165, 1.54) is 13.2 Å². The van der Waals surface area contributed by atoms with E-state index in [-0.39, 0.29) is 21.4 Å². The fourth-order valence-corrected chi connectivity index (χ4v) is 3.60. The number of aromatic nitrogens is 5. The fraction of sp³-hybridized carbons (Fsp3) is 0.190. The van der Waals surface area contributed by atoms with Crippen molar-refractivity contribution in [3.05, 3.63) is 68.8 Å². The number of rotatable bonds is 4. The van der Waals surface area contributed by atoms with Crippen molar-refractivity contribution >= 4 is 29.2 Å². The number of fused-ring (bicyclic) bond motifs is 1. The quantitative estimate of drug-likeness (QED) is 0.401. The summed E-state index contributed by atoms with van der Waals surface area (Å²) in [5, 5.41) is 4.58. The first-order valence-corrected chi connectivity index (χ1v) is 9.73. The first kappa shape index (κ1) is 19.7. The molecular formula is C21H19N5O3S. The summed E-state index contributed by atoms with van der Waals surface area (Å²) >= 11 is 5.44. The van der Waals surface area contributed by atoms with E-state index in [0.717, 1.165) is 11.3 Å². The number of hydrogen-bond donors (Lipinski definition) is 1. The van der Waals surface area contributed by atoms with Crippen LogP contribution in [0.15, 0.2) is 47.4 Å².